The molecule has 1 atom stereocenters. The first-order chi connectivity index (χ1) is 10.8. The molecule has 0 aromatic heterocycles. The van der Waals surface area contributed by atoms with Crippen molar-refractivity contribution in [3.8, 4) is 0 Å². The average Bonchev–Trinajstić information content (AvgIpc) is 3.32. The predicted octanol–water partition coefficient (Wildman–Crippen LogP) is 2.12. The number of amides is 1. The number of hydrogen-bond acceptors (Lipinski definition) is 4. The third-order valence-electron chi connectivity index (χ3n) is 4.19. The lowest BCUT2D eigenvalue weighted by atomic mass is 9.95. The SMILES string of the molecule is CCCS(=O)(=O)Nc1ccc(C(=O)NC(C)(CN)C2CC2)cc1.Cl. The summed E-state index contributed by atoms with van der Waals surface area (Å²) in [5.74, 6) is 0.329. The van der Waals surface area contributed by atoms with Crippen molar-refractivity contribution in [2.24, 2.45) is 11.7 Å². The number of benzene rings is 1. The summed E-state index contributed by atoms with van der Waals surface area (Å²) in [6.45, 7) is 4.18. The Morgan fingerprint density at radius 3 is 2.33 bits per heavy atom. The Bertz CT molecular complexity index is 660. The number of carbonyl (C=O) groups excluding carboxylic acids is 1. The molecule has 0 saturated heterocycles. The highest BCUT2D eigenvalue weighted by molar-refractivity contribution is 7.92. The Morgan fingerprint density at radius 1 is 1.29 bits per heavy atom. The van der Waals surface area contributed by atoms with E-state index in [1.165, 1.54) is 0 Å². The molecule has 2 rings (SSSR count). The van der Waals surface area contributed by atoms with Gasteiger partial charge in [0.1, 0.15) is 0 Å². The van der Waals surface area contributed by atoms with Crippen LogP contribution in [-0.2, 0) is 10.0 Å². The van der Waals surface area contributed by atoms with Crippen LogP contribution < -0.4 is 15.8 Å². The Morgan fingerprint density at radius 2 is 1.88 bits per heavy atom. The standard InChI is InChI=1S/C16H25N3O3S.ClH/c1-3-10-23(21,22)19-14-8-4-12(5-9-14)15(20)18-16(2,11-17)13-6-7-13;/h4-5,8-9,13,19H,3,6-7,10-11,17H2,1-2H3,(H,18,20);1H. The molecule has 0 radical (unpaired) electrons. The maximum absolute atomic E-state index is 12.3. The van der Waals surface area contributed by atoms with E-state index in [2.05, 4.69) is 10.0 Å². The van der Waals surface area contributed by atoms with Crippen molar-refractivity contribution in [3.05, 3.63) is 29.8 Å². The molecular weight excluding hydrogens is 350 g/mol. The third-order valence-corrected chi connectivity index (χ3v) is 5.69. The van der Waals surface area contributed by atoms with Crippen LogP contribution in [0.5, 0.6) is 0 Å². The van der Waals surface area contributed by atoms with Crippen molar-refractivity contribution < 1.29 is 13.2 Å². The van der Waals surface area contributed by atoms with Crippen LogP contribution in [0.2, 0.25) is 0 Å². The van der Waals surface area contributed by atoms with Crippen LogP contribution in [0.4, 0.5) is 5.69 Å². The Labute approximate surface area is 150 Å². The van der Waals surface area contributed by atoms with E-state index in [9.17, 15) is 13.2 Å². The molecule has 1 amide bonds. The van der Waals surface area contributed by atoms with Gasteiger partial charge in [-0.3, -0.25) is 9.52 Å². The maximum atomic E-state index is 12.3. The van der Waals surface area contributed by atoms with E-state index in [0.717, 1.165) is 12.8 Å². The van der Waals surface area contributed by atoms with E-state index >= 15 is 0 Å². The summed E-state index contributed by atoms with van der Waals surface area (Å²) in [6, 6.07) is 6.42. The molecule has 8 heteroatoms. The number of anilines is 1. The van der Waals surface area contributed by atoms with Crippen molar-refractivity contribution in [1.82, 2.24) is 5.32 Å². The van der Waals surface area contributed by atoms with Gasteiger partial charge in [-0.1, -0.05) is 6.92 Å². The minimum absolute atomic E-state index is 0. The summed E-state index contributed by atoms with van der Waals surface area (Å²) in [5, 5.41) is 3.01. The van der Waals surface area contributed by atoms with Gasteiger partial charge in [0.15, 0.2) is 0 Å². The zero-order valence-electron chi connectivity index (χ0n) is 14.0. The van der Waals surface area contributed by atoms with Crippen molar-refractivity contribution in [2.75, 3.05) is 17.0 Å². The molecule has 1 saturated carbocycles. The van der Waals surface area contributed by atoms with E-state index in [1.807, 2.05) is 6.92 Å². The van der Waals surface area contributed by atoms with Crippen molar-refractivity contribution in [3.63, 3.8) is 0 Å². The summed E-state index contributed by atoms with van der Waals surface area (Å²) in [6.07, 6.45) is 2.73. The van der Waals surface area contributed by atoms with E-state index in [1.54, 1.807) is 31.2 Å². The third kappa shape index (κ3) is 5.36. The van der Waals surface area contributed by atoms with Gasteiger partial charge in [0.25, 0.3) is 5.91 Å². The first-order valence-electron chi connectivity index (χ1n) is 7.93. The van der Waals surface area contributed by atoms with Crippen LogP contribution in [0.15, 0.2) is 24.3 Å². The first kappa shape index (κ1) is 20.7. The normalized spacial score (nSPS) is 16.6. The number of nitrogens with two attached hydrogens (primary N) is 1. The van der Waals surface area contributed by atoms with Crippen molar-refractivity contribution >= 4 is 34.0 Å². The van der Waals surface area contributed by atoms with Crippen LogP contribution >= 0.6 is 12.4 Å². The van der Waals surface area contributed by atoms with Gasteiger partial charge in [0.2, 0.25) is 10.0 Å². The fourth-order valence-electron chi connectivity index (χ4n) is 2.56. The Kier molecular flexibility index (Phi) is 7.07. The molecule has 136 valence electrons. The van der Waals surface area contributed by atoms with E-state index in [0.29, 0.717) is 30.1 Å². The second-order valence-corrected chi connectivity index (χ2v) is 8.19. The number of carbonyl (C=O) groups is 1. The van der Waals surface area contributed by atoms with E-state index in [4.69, 9.17) is 5.73 Å². The molecule has 1 unspecified atom stereocenters. The lowest BCUT2D eigenvalue weighted by Crippen LogP contribution is -2.53. The number of sulfonamides is 1. The summed E-state index contributed by atoms with van der Waals surface area (Å²) >= 11 is 0. The molecule has 6 nitrogen and oxygen atoms in total. The van der Waals surface area contributed by atoms with Gasteiger partial charge in [-0.25, -0.2) is 8.42 Å². The van der Waals surface area contributed by atoms with Gasteiger partial charge in [0.05, 0.1) is 11.3 Å². The summed E-state index contributed by atoms with van der Waals surface area (Å²) in [4.78, 5) is 12.3. The quantitative estimate of drug-likeness (QED) is 0.647. The van der Waals surface area contributed by atoms with Gasteiger partial charge in [-0.2, -0.15) is 0 Å². The van der Waals surface area contributed by atoms with Gasteiger partial charge >= 0.3 is 0 Å². The zero-order chi connectivity index (χ0) is 17.1. The second kappa shape index (κ2) is 8.18. The summed E-state index contributed by atoms with van der Waals surface area (Å²) < 4.78 is 25.9. The number of rotatable bonds is 8. The minimum Gasteiger partial charge on any atom is -0.345 e. The van der Waals surface area contributed by atoms with Gasteiger partial charge in [-0.15, -0.1) is 12.4 Å². The van der Waals surface area contributed by atoms with Gasteiger partial charge in [-0.05, 0) is 56.4 Å². The van der Waals surface area contributed by atoms with Gasteiger partial charge in [0, 0.05) is 17.8 Å². The predicted molar refractivity (Wildman–Crippen MR) is 99.0 cm³/mol. The second-order valence-electron chi connectivity index (χ2n) is 6.35. The van der Waals surface area contributed by atoms with E-state index < -0.39 is 10.0 Å². The zero-order valence-corrected chi connectivity index (χ0v) is 15.7. The molecule has 1 fully saturated rings. The highest BCUT2D eigenvalue weighted by Gasteiger charge is 2.41. The van der Waals surface area contributed by atoms with Crippen LogP contribution in [0.1, 0.15) is 43.5 Å². The average molecular weight is 376 g/mol. The summed E-state index contributed by atoms with van der Waals surface area (Å²) in [5.41, 5.74) is 6.38. The van der Waals surface area contributed by atoms with E-state index in [-0.39, 0.29) is 29.6 Å². The maximum Gasteiger partial charge on any atom is 0.251 e. The van der Waals surface area contributed by atoms with Crippen LogP contribution in [0.3, 0.4) is 0 Å². The fourth-order valence-corrected chi connectivity index (χ4v) is 3.70. The molecule has 1 aliphatic carbocycles. The Hall–Kier alpha value is -1.31. The number of hydrogen-bond donors (Lipinski definition) is 3. The largest absolute Gasteiger partial charge is 0.345 e. The molecule has 0 heterocycles. The minimum atomic E-state index is -3.32. The highest BCUT2D eigenvalue weighted by atomic mass is 35.5. The molecule has 0 aliphatic heterocycles. The monoisotopic (exact) mass is 375 g/mol. The fraction of sp³-hybridized carbons (Fsp3) is 0.562. The highest BCUT2D eigenvalue weighted by Crippen LogP contribution is 2.39. The summed E-state index contributed by atoms with van der Waals surface area (Å²) in [7, 11) is -3.32. The molecule has 1 aliphatic rings. The molecule has 1 aromatic carbocycles. The smallest absolute Gasteiger partial charge is 0.251 e. The van der Waals surface area contributed by atoms with Gasteiger partial charge < -0.3 is 11.1 Å². The van der Waals surface area contributed by atoms with Crippen LogP contribution in [0, 0.1) is 5.92 Å². The number of nitrogens with one attached hydrogen (secondary N) is 2. The molecule has 0 bridgehead atoms. The first-order valence-corrected chi connectivity index (χ1v) is 9.58. The number of halogens is 1. The van der Waals surface area contributed by atoms with Crippen molar-refractivity contribution in [1.29, 1.82) is 0 Å². The van der Waals surface area contributed by atoms with Crippen LogP contribution in [-0.4, -0.2) is 32.2 Å². The molecule has 4 N–H and O–H groups in total. The topological polar surface area (TPSA) is 101 Å². The Balaban J connectivity index is 0.00000288. The molecule has 24 heavy (non-hydrogen) atoms. The molecule has 1 aromatic rings. The van der Waals surface area contributed by atoms with Crippen LogP contribution in [0.25, 0.3) is 0 Å². The lowest BCUT2D eigenvalue weighted by molar-refractivity contribution is 0.0898. The lowest BCUT2D eigenvalue weighted by Gasteiger charge is -2.29. The molecular formula is C16H26ClN3O3S. The molecule has 0 spiro atoms. The van der Waals surface area contributed by atoms with Crippen molar-refractivity contribution in [2.45, 2.75) is 38.6 Å².